The summed E-state index contributed by atoms with van der Waals surface area (Å²) in [5, 5.41) is 8.91. The zero-order valence-corrected chi connectivity index (χ0v) is 10.5. The molecule has 0 radical (unpaired) electrons. The van der Waals surface area contributed by atoms with E-state index in [1.165, 1.54) is 29.2 Å². The van der Waals surface area contributed by atoms with Crippen LogP contribution in [0.2, 0.25) is 0 Å². The van der Waals surface area contributed by atoms with Gasteiger partial charge in [-0.2, -0.15) is 0 Å². The van der Waals surface area contributed by atoms with Gasteiger partial charge < -0.3 is 14.9 Å². The molecule has 0 bridgehead atoms. The van der Waals surface area contributed by atoms with E-state index in [0.717, 1.165) is 0 Å². The van der Waals surface area contributed by atoms with Crippen molar-refractivity contribution in [3.05, 3.63) is 35.6 Å². The Morgan fingerprint density at radius 2 is 1.89 bits per heavy atom. The van der Waals surface area contributed by atoms with E-state index in [4.69, 9.17) is 5.11 Å². The summed E-state index contributed by atoms with van der Waals surface area (Å²) in [4.78, 5) is 26.0. The van der Waals surface area contributed by atoms with Crippen molar-refractivity contribution in [2.75, 3.05) is 19.6 Å². The smallest absolute Gasteiger partial charge is 0.407 e. The molecule has 1 aromatic carbocycles. The van der Waals surface area contributed by atoms with Gasteiger partial charge >= 0.3 is 6.09 Å². The highest BCUT2D eigenvalue weighted by Gasteiger charge is 2.29. The normalized spacial score (nSPS) is 19.4. The van der Waals surface area contributed by atoms with Gasteiger partial charge in [-0.05, 0) is 31.2 Å². The first kappa shape index (κ1) is 13.3. The van der Waals surface area contributed by atoms with E-state index < -0.39 is 6.09 Å². The zero-order valence-electron chi connectivity index (χ0n) is 10.5. The molecule has 102 valence electrons. The summed E-state index contributed by atoms with van der Waals surface area (Å²) in [5.74, 6) is -0.585. The third-order valence-electron chi connectivity index (χ3n) is 3.25. The second-order valence-corrected chi connectivity index (χ2v) is 4.58. The molecule has 2 rings (SSSR count). The fourth-order valence-electron chi connectivity index (χ4n) is 2.19. The van der Waals surface area contributed by atoms with Crippen molar-refractivity contribution in [2.45, 2.75) is 13.0 Å². The Labute approximate surface area is 110 Å². The summed E-state index contributed by atoms with van der Waals surface area (Å²) < 4.78 is 12.8. The molecule has 6 heteroatoms. The van der Waals surface area contributed by atoms with Gasteiger partial charge in [-0.25, -0.2) is 9.18 Å². The first-order chi connectivity index (χ1) is 8.99. The molecule has 1 aromatic rings. The average Bonchev–Trinajstić information content (AvgIpc) is 2.38. The first-order valence-electron chi connectivity index (χ1n) is 6.03. The van der Waals surface area contributed by atoms with Crippen LogP contribution in [0.1, 0.15) is 17.3 Å². The molecule has 0 unspecified atom stereocenters. The van der Waals surface area contributed by atoms with Gasteiger partial charge in [-0.15, -0.1) is 0 Å². The number of hydrogen-bond donors (Lipinski definition) is 1. The lowest BCUT2D eigenvalue weighted by molar-refractivity contribution is 0.0484. The molecule has 1 atom stereocenters. The van der Waals surface area contributed by atoms with Crippen LogP contribution >= 0.6 is 0 Å². The maximum Gasteiger partial charge on any atom is 0.407 e. The average molecular weight is 266 g/mol. The number of piperazine rings is 1. The van der Waals surface area contributed by atoms with Crippen molar-refractivity contribution in [1.29, 1.82) is 0 Å². The molecular formula is C13H15FN2O3. The van der Waals surface area contributed by atoms with Crippen LogP contribution in [-0.2, 0) is 0 Å². The number of carbonyl (C=O) groups excluding carboxylic acids is 1. The standard InChI is InChI=1S/C13H15FN2O3/c1-9-8-15(13(18)19)6-7-16(9)12(17)10-2-4-11(14)5-3-10/h2-5,9H,6-8H2,1H3,(H,18,19)/t9-/m0/s1. The highest BCUT2D eigenvalue weighted by molar-refractivity contribution is 5.94. The summed E-state index contributed by atoms with van der Waals surface area (Å²) in [7, 11) is 0. The van der Waals surface area contributed by atoms with E-state index in [2.05, 4.69) is 0 Å². The Morgan fingerprint density at radius 1 is 1.26 bits per heavy atom. The molecule has 1 N–H and O–H groups in total. The number of carbonyl (C=O) groups is 2. The molecule has 1 fully saturated rings. The van der Waals surface area contributed by atoms with Gasteiger partial charge in [0.05, 0.1) is 0 Å². The Kier molecular flexibility index (Phi) is 3.69. The van der Waals surface area contributed by atoms with E-state index in [0.29, 0.717) is 25.2 Å². The van der Waals surface area contributed by atoms with Crippen molar-refractivity contribution in [2.24, 2.45) is 0 Å². The van der Waals surface area contributed by atoms with Crippen molar-refractivity contribution >= 4 is 12.0 Å². The maximum absolute atomic E-state index is 12.8. The minimum atomic E-state index is -0.972. The molecule has 0 saturated carbocycles. The Hall–Kier alpha value is -2.11. The highest BCUT2D eigenvalue weighted by Crippen LogP contribution is 2.14. The zero-order chi connectivity index (χ0) is 14.0. The molecule has 0 aliphatic carbocycles. The van der Waals surface area contributed by atoms with Crippen molar-refractivity contribution < 1.29 is 19.1 Å². The number of nitrogens with zero attached hydrogens (tertiary/aromatic N) is 2. The summed E-state index contributed by atoms with van der Waals surface area (Å²) in [6, 6.07) is 5.17. The molecule has 1 aliphatic heterocycles. The Morgan fingerprint density at radius 3 is 2.42 bits per heavy atom. The van der Waals surface area contributed by atoms with Gasteiger partial charge in [0.25, 0.3) is 5.91 Å². The fraction of sp³-hybridized carbons (Fsp3) is 0.385. The van der Waals surface area contributed by atoms with Crippen LogP contribution in [0, 0.1) is 5.82 Å². The Bertz CT molecular complexity index is 489. The van der Waals surface area contributed by atoms with Crippen molar-refractivity contribution in [1.82, 2.24) is 9.80 Å². The number of halogens is 1. The number of amides is 2. The third-order valence-corrected chi connectivity index (χ3v) is 3.25. The first-order valence-corrected chi connectivity index (χ1v) is 6.03. The molecule has 1 aliphatic rings. The lowest BCUT2D eigenvalue weighted by Crippen LogP contribution is -2.55. The van der Waals surface area contributed by atoms with Crippen LogP contribution < -0.4 is 0 Å². The summed E-state index contributed by atoms with van der Waals surface area (Å²) in [5.41, 5.74) is 0.414. The van der Waals surface area contributed by atoms with Crippen LogP contribution in [0.5, 0.6) is 0 Å². The molecule has 1 saturated heterocycles. The summed E-state index contributed by atoms with van der Waals surface area (Å²) >= 11 is 0. The van der Waals surface area contributed by atoms with E-state index in [1.54, 1.807) is 11.8 Å². The van der Waals surface area contributed by atoms with Crippen LogP contribution in [0.4, 0.5) is 9.18 Å². The van der Waals surface area contributed by atoms with Crippen LogP contribution in [-0.4, -0.2) is 52.6 Å². The number of carboxylic acid groups (broad SMARTS) is 1. The van der Waals surface area contributed by atoms with Crippen LogP contribution in [0.25, 0.3) is 0 Å². The minimum Gasteiger partial charge on any atom is -0.465 e. The quantitative estimate of drug-likeness (QED) is 0.840. The van der Waals surface area contributed by atoms with E-state index >= 15 is 0 Å². The monoisotopic (exact) mass is 266 g/mol. The SMILES string of the molecule is C[C@H]1CN(C(=O)O)CCN1C(=O)c1ccc(F)cc1. The van der Waals surface area contributed by atoms with E-state index in [-0.39, 0.29) is 17.8 Å². The van der Waals surface area contributed by atoms with Crippen LogP contribution in [0.15, 0.2) is 24.3 Å². The molecule has 19 heavy (non-hydrogen) atoms. The summed E-state index contributed by atoms with van der Waals surface area (Å²) in [6.45, 7) is 2.75. The minimum absolute atomic E-state index is 0.192. The predicted octanol–water partition coefficient (Wildman–Crippen LogP) is 1.65. The topological polar surface area (TPSA) is 60.9 Å². The molecule has 0 aromatic heterocycles. The number of benzene rings is 1. The lowest BCUT2D eigenvalue weighted by atomic mass is 10.1. The van der Waals surface area contributed by atoms with E-state index in [9.17, 15) is 14.0 Å². The van der Waals surface area contributed by atoms with Gasteiger partial charge in [0, 0.05) is 31.2 Å². The van der Waals surface area contributed by atoms with Crippen molar-refractivity contribution in [3.63, 3.8) is 0 Å². The highest BCUT2D eigenvalue weighted by atomic mass is 19.1. The maximum atomic E-state index is 12.8. The molecule has 2 amide bonds. The number of hydrogen-bond acceptors (Lipinski definition) is 2. The van der Waals surface area contributed by atoms with Crippen molar-refractivity contribution in [3.8, 4) is 0 Å². The Balaban J connectivity index is 2.08. The van der Waals surface area contributed by atoms with Crippen LogP contribution in [0.3, 0.4) is 0 Å². The molecule has 0 spiro atoms. The second kappa shape index (κ2) is 5.26. The van der Waals surface area contributed by atoms with Gasteiger partial charge in [-0.3, -0.25) is 4.79 Å². The molecular weight excluding hydrogens is 251 g/mol. The van der Waals surface area contributed by atoms with E-state index in [1.807, 2.05) is 0 Å². The fourth-order valence-corrected chi connectivity index (χ4v) is 2.19. The van der Waals surface area contributed by atoms with Gasteiger partial charge in [-0.1, -0.05) is 0 Å². The lowest BCUT2D eigenvalue weighted by Gasteiger charge is -2.38. The summed E-state index contributed by atoms with van der Waals surface area (Å²) in [6.07, 6.45) is -0.972. The van der Waals surface area contributed by atoms with Gasteiger partial charge in [0.1, 0.15) is 5.82 Å². The second-order valence-electron chi connectivity index (χ2n) is 4.58. The largest absolute Gasteiger partial charge is 0.465 e. The predicted molar refractivity (Wildman–Crippen MR) is 66.5 cm³/mol. The number of rotatable bonds is 1. The molecule has 1 heterocycles. The molecule has 5 nitrogen and oxygen atoms in total. The third kappa shape index (κ3) is 2.83. The van der Waals surface area contributed by atoms with Gasteiger partial charge in [0.2, 0.25) is 0 Å². The van der Waals surface area contributed by atoms with Gasteiger partial charge in [0.15, 0.2) is 0 Å².